The highest BCUT2D eigenvalue weighted by atomic mass is 19.1. The molecule has 1 amide bonds. The van der Waals surface area contributed by atoms with Crippen molar-refractivity contribution in [3.05, 3.63) is 83.2 Å². The summed E-state index contributed by atoms with van der Waals surface area (Å²) in [4.78, 5) is 27.7. The quantitative estimate of drug-likeness (QED) is 0.364. The second-order valence-corrected chi connectivity index (χ2v) is 11.0. The third-order valence-electron chi connectivity index (χ3n) is 7.66. The molecular weight excluding hydrogens is 493 g/mol. The fourth-order valence-corrected chi connectivity index (χ4v) is 5.19. The van der Waals surface area contributed by atoms with Crippen LogP contribution in [0.15, 0.2) is 66.1 Å². The molecule has 8 heteroatoms. The van der Waals surface area contributed by atoms with Crippen molar-refractivity contribution in [3.8, 4) is 11.1 Å². The molecule has 2 unspecified atom stereocenters. The molecule has 0 bridgehead atoms. The Morgan fingerprint density at radius 2 is 1.97 bits per heavy atom. The van der Waals surface area contributed by atoms with Gasteiger partial charge < -0.3 is 11.1 Å². The zero-order valence-electron chi connectivity index (χ0n) is 22.3. The number of benzene rings is 1. The van der Waals surface area contributed by atoms with Crippen LogP contribution in [-0.2, 0) is 9.59 Å². The van der Waals surface area contributed by atoms with E-state index in [9.17, 15) is 14.0 Å². The lowest BCUT2D eigenvalue weighted by Crippen LogP contribution is -2.30. The molecule has 0 saturated heterocycles. The van der Waals surface area contributed by atoms with Gasteiger partial charge in [-0.1, -0.05) is 38.1 Å². The van der Waals surface area contributed by atoms with Gasteiger partial charge in [-0.25, -0.2) is 4.39 Å². The molecule has 3 heterocycles. The van der Waals surface area contributed by atoms with Crippen LogP contribution < -0.4 is 11.1 Å². The Balaban J connectivity index is 0.000000384. The van der Waals surface area contributed by atoms with Gasteiger partial charge in [0.15, 0.2) is 5.78 Å². The van der Waals surface area contributed by atoms with Gasteiger partial charge in [0.2, 0.25) is 5.91 Å². The van der Waals surface area contributed by atoms with Gasteiger partial charge in [0.25, 0.3) is 0 Å². The minimum Gasteiger partial charge on any atom is -0.370 e. The maximum atomic E-state index is 13.5. The highest BCUT2D eigenvalue weighted by Gasteiger charge is 2.37. The summed E-state index contributed by atoms with van der Waals surface area (Å²) in [6, 6.07) is 10.3. The van der Waals surface area contributed by atoms with Crippen LogP contribution >= 0.6 is 0 Å². The van der Waals surface area contributed by atoms with Crippen LogP contribution in [-0.4, -0.2) is 26.9 Å². The number of aromatic nitrogens is 3. The van der Waals surface area contributed by atoms with E-state index < -0.39 is 0 Å². The molecule has 0 spiro atoms. The normalized spacial score (nSPS) is 20.3. The van der Waals surface area contributed by atoms with Crippen molar-refractivity contribution in [2.75, 3.05) is 5.32 Å². The van der Waals surface area contributed by atoms with Crippen molar-refractivity contribution in [2.24, 2.45) is 23.5 Å². The predicted octanol–water partition coefficient (Wildman–Crippen LogP) is 5.99. The number of nitrogens with zero attached hydrogens (tertiary/aromatic N) is 2. The van der Waals surface area contributed by atoms with Gasteiger partial charge in [0, 0.05) is 47.4 Å². The van der Waals surface area contributed by atoms with E-state index in [-0.39, 0.29) is 23.4 Å². The Morgan fingerprint density at radius 3 is 2.62 bits per heavy atom. The number of nitrogens with one attached hydrogen (secondary N) is 2. The molecule has 1 aliphatic heterocycles. The average Bonchev–Trinajstić information content (AvgIpc) is 3.59. The second-order valence-electron chi connectivity index (χ2n) is 11.0. The standard InChI is InChI=1S/C26H25FN4O.C5H9NO/c1-15(2)18-11-23-25(24(32)12-18)21(22-14-29-31-26(22)30-23)9-8-20-7-6-17(13-28-20)16-4-3-5-19(27)10-16;6-5(7)3-4-1-2-4/h3-10,13-15,18,21H,11-12H2,1-2H3,(H2,29,30,31);4H,1-3H2,(H2,6,7)/b9-8+;. The van der Waals surface area contributed by atoms with E-state index in [1.165, 1.54) is 25.0 Å². The summed E-state index contributed by atoms with van der Waals surface area (Å²) >= 11 is 0. The van der Waals surface area contributed by atoms with Crippen LogP contribution in [0.1, 0.15) is 63.1 Å². The first-order chi connectivity index (χ1) is 18.8. The average molecular weight is 528 g/mol. The minimum absolute atomic E-state index is 0.150. The Morgan fingerprint density at radius 1 is 1.15 bits per heavy atom. The Hall–Kier alpha value is -4.07. The number of hydrogen-bond acceptors (Lipinski definition) is 5. The number of carbonyl (C=O) groups is 2. The van der Waals surface area contributed by atoms with Crippen molar-refractivity contribution >= 4 is 23.6 Å². The zero-order chi connectivity index (χ0) is 27.5. The first-order valence-corrected chi connectivity index (χ1v) is 13.5. The number of Topliss-reactive ketones (excluding diaryl/α,β-unsaturated/α-hetero) is 1. The van der Waals surface area contributed by atoms with E-state index >= 15 is 0 Å². The molecule has 202 valence electrons. The molecule has 3 aromatic rings. The first-order valence-electron chi connectivity index (χ1n) is 13.5. The number of H-pyrrole nitrogens is 1. The monoisotopic (exact) mass is 527 g/mol. The van der Waals surface area contributed by atoms with Crippen molar-refractivity contribution in [1.82, 2.24) is 15.2 Å². The van der Waals surface area contributed by atoms with Gasteiger partial charge in [-0.15, -0.1) is 0 Å². The molecule has 39 heavy (non-hydrogen) atoms. The predicted molar refractivity (Wildman–Crippen MR) is 150 cm³/mol. The Bertz CT molecular complexity index is 1420. The van der Waals surface area contributed by atoms with Crippen LogP contribution in [0.2, 0.25) is 0 Å². The fourth-order valence-electron chi connectivity index (χ4n) is 5.19. The number of halogens is 1. The first kappa shape index (κ1) is 26.5. The summed E-state index contributed by atoms with van der Waals surface area (Å²) in [5.74, 6) is 1.92. The molecule has 2 aliphatic carbocycles. The fraction of sp³-hybridized carbons (Fsp3) is 0.355. The van der Waals surface area contributed by atoms with Gasteiger partial charge in [-0.05, 0) is 66.9 Å². The molecule has 7 nitrogen and oxygen atoms in total. The number of carbonyl (C=O) groups excluding carboxylic acids is 2. The third kappa shape index (κ3) is 6.33. The van der Waals surface area contributed by atoms with Crippen molar-refractivity contribution < 1.29 is 14.0 Å². The van der Waals surface area contributed by atoms with Crippen LogP contribution in [0.4, 0.5) is 10.2 Å². The lowest BCUT2D eigenvalue weighted by Gasteiger charge is -2.34. The molecule has 0 radical (unpaired) electrons. The number of amides is 1. The molecule has 4 N–H and O–H groups in total. The van der Waals surface area contributed by atoms with E-state index in [2.05, 4.69) is 34.3 Å². The number of rotatable bonds is 6. The number of anilines is 1. The van der Waals surface area contributed by atoms with Gasteiger partial charge >= 0.3 is 0 Å². The van der Waals surface area contributed by atoms with E-state index in [4.69, 9.17) is 5.73 Å². The van der Waals surface area contributed by atoms with Gasteiger partial charge in [0.1, 0.15) is 11.6 Å². The lowest BCUT2D eigenvalue weighted by atomic mass is 9.73. The van der Waals surface area contributed by atoms with E-state index in [0.29, 0.717) is 30.6 Å². The number of primary amides is 1. The molecule has 1 fully saturated rings. The third-order valence-corrected chi connectivity index (χ3v) is 7.66. The van der Waals surface area contributed by atoms with Gasteiger partial charge in [0.05, 0.1) is 11.9 Å². The molecular formula is C31H34FN5O2. The van der Waals surface area contributed by atoms with E-state index in [1.54, 1.807) is 18.5 Å². The zero-order valence-corrected chi connectivity index (χ0v) is 22.3. The molecule has 2 atom stereocenters. The number of pyridine rings is 1. The van der Waals surface area contributed by atoms with Gasteiger partial charge in [-0.3, -0.25) is 19.7 Å². The Kier molecular flexibility index (Phi) is 7.72. The Labute approximate surface area is 227 Å². The summed E-state index contributed by atoms with van der Waals surface area (Å²) < 4.78 is 13.5. The SMILES string of the molecule is CC(C)C1CC(=O)C2=C(C1)Nc1[nH]ncc1C2/C=C/c1ccc(-c2cccc(F)c2)cn1.NC(=O)CC1CC1. The van der Waals surface area contributed by atoms with E-state index in [0.717, 1.165) is 45.9 Å². The molecule has 1 saturated carbocycles. The minimum atomic E-state index is -0.269. The van der Waals surface area contributed by atoms with Crippen molar-refractivity contribution in [1.29, 1.82) is 0 Å². The van der Waals surface area contributed by atoms with Crippen LogP contribution in [0.3, 0.4) is 0 Å². The largest absolute Gasteiger partial charge is 0.370 e. The topological polar surface area (TPSA) is 114 Å². The number of ketones is 1. The summed E-state index contributed by atoms with van der Waals surface area (Å²) in [7, 11) is 0. The number of aromatic amines is 1. The number of hydrogen-bond donors (Lipinski definition) is 3. The summed E-state index contributed by atoms with van der Waals surface area (Å²) in [5, 5.41) is 10.6. The highest BCUT2D eigenvalue weighted by Crippen LogP contribution is 2.44. The number of allylic oxidation sites excluding steroid dienone is 3. The van der Waals surface area contributed by atoms with Crippen LogP contribution in [0.25, 0.3) is 17.2 Å². The maximum absolute atomic E-state index is 13.5. The number of fused-ring (bicyclic) bond motifs is 1. The summed E-state index contributed by atoms with van der Waals surface area (Å²) in [6.45, 7) is 4.34. The molecule has 2 aromatic heterocycles. The second kappa shape index (κ2) is 11.4. The highest BCUT2D eigenvalue weighted by molar-refractivity contribution is 6.01. The molecule has 3 aliphatic rings. The van der Waals surface area contributed by atoms with Crippen LogP contribution in [0, 0.1) is 23.6 Å². The number of nitrogens with two attached hydrogens (primary N) is 1. The maximum Gasteiger partial charge on any atom is 0.217 e. The van der Waals surface area contributed by atoms with Crippen molar-refractivity contribution in [3.63, 3.8) is 0 Å². The smallest absolute Gasteiger partial charge is 0.217 e. The van der Waals surface area contributed by atoms with E-state index in [1.807, 2.05) is 30.4 Å². The molecule has 6 rings (SSSR count). The van der Waals surface area contributed by atoms with Gasteiger partial charge in [-0.2, -0.15) is 5.10 Å². The summed E-state index contributed by atoms with van der Waals surface area (Å²) in [6.07, 6.45) is 12.0. The lowest BCUT2D eigenvalue weighted by molar-refractivity contribution is -0.118. The summed E-state index contributed by atoms with van der Waals surface area (Å²) in [5.41, 5.74) is 10.1. The van der Waals surface area contributed by atoms with Crippen LogP contribution in [0.5, 0.6) is 0 Å². The van der Waals surface area contributed by atoms with Crippen molar-refractivity contribution in [2.45, 2.75) is 51.9 Å². The molecule has 1 aromatic carbocycles.